The average molecular weight is 206 g/mol. The van der Waals surface area contributed by atoms with Crippen LogP contribution in [-0.4, -0.2) is 4.98 Å². The Kier molecular flexibility index (Phi) is 1.91. The van der Waals surface area contributed by atoms with Gasteiger partial charge in [0.1, 0.15) is 0 Å². The van der Waals surface area contributed by atoms with Crippen LogP contribution in [0.3, 0.4) is 0 Å². The van der Waals surface area contributed by atoms with Crippen LogP contribution in [-0.2, 0) is 6.42 Å². The second kappa shape index (κ2) is 3.39. The van der Waals surface area contributed by atoms with E-state index in [4.69, 9.17) is 5.26 Å². The minimum atomic E-state index is 0.434. The molecule has 0 radical (unpaired) electrons. The summed E-state index contributed by atoms with van der Waals surface area (Å²) in [6, 6.07) is 16.7. The molecule has 0 fully saturated rings. The van der Waals surface area contributed by atoms with E-state index in [9.17, 15) is 0 Å². The first kappa shape index (κ1) is 8.99. The van der Waals surface area contributed by atoms with Crippen molar-refractivity contribution in [2.24, 2.45) is 0 Å². The summed E-state index contributed by atoms with van der Waals surface area (Å²) in [5, 5.41) is 12.3. The molecule has 1 aromatic heterocycles. The average Bonchev–Trinajstić information content (AvgIpc) is 2.72. The number of nitrogens with one attached hydrogen (secondary N) is 1. The molecule has 2 aromatic carbocycles. The van der Waals surface area contributed by atoms with Crippen molar-refractivity contribution in [3.63, 3.8) is 0 Å². The number of nitrogens with zero attached hydrogens (tertiary/aromatic N) is 1. The highest BCUT2D eigenvalue weighted by Crippen LogP contribution is 2.25. The molecule has 0 aliphatic heterocycles. The van der Waals surface area contributed by atoms with Crippen LogP contribution in [0.15, 0.2) is 42.5 Å². The quantitative estimate of drug-likeness (QED) is 0.651. The van der Waals surface area contributed by atoms with Crippen molar-refractivity contribution >= 4 is 21.7 Å². The number of benzene rings is 2. The molecule has 2 nitrogen and oxygen atoms in total. The molecular formula is C14H10N2. The highest BCUT2D eigenvalue weighted by atomic mass is 14.7. The van der Waals surface area contributed by atoms with E-state index < -0.39 is 0 Å². The number of nitriles is 1. The SMILES string of the molecule is N#CCc1cc2ccc3ccccc3c2[nH]1. The van der Waals surface area contributed by atoms with Gasteiger partial charge in [-0.15, -0.1) is 0 Å². The largest absolute Gasteiger partial charge is 0.357 e. The van der Waals surface area contributed by atoms with Crippen molar-refractivity contribution in [3.8, 4) is 6.07 Å². The number of aromatic amines is 1. The predicted molar refractivity (Wildman–Crippen MR) is 65.1 cm³/mol. The molecule has 2 heteroatoms. The predicted octanol–water partition coefficient (Wildman–Crippen LogP) is 3.39. The molecule has 0 amide bonds. The summed E-state index contributed by atoms with van der Waals surface area (Å²) in [7, 11) is 0. The van der Waals surface area contributed by atoms with Gasteiger partial charge >= 0.3 is 0 Å². The van der Waals surface area contributed by atoms with E-state index in [0.717, 1.165) is 11.2 Å². The van der Waals surface area contributed by atoms with E-state index in [1.807, 2.05) is 18.2 Å². The van der Waals surface area contributed by atoms with Gasteiger partial charge in [-0.1, -0.05) is 36.4 Å². The molecule has 3 rings (SSSR count). The maximum Gasteiger partial charge on any atom is 0.0752 e. The first-order valence-electron chi connectivity index (χ1n) is 5.25. The van der Waals surface area contributed by atoms with Gasteiger partial charge in [-0.25, -0.2) is 0 Å². The van der Waals surface area contributed by atoms with E-state index in [1.54, 1.807) is 0 Å². The molecule has 0 saturated heterocycles. The Morgan fingerprint density at radius 2 is 1.88 bits per heavy atom. The highest BCUT2D eigenvalue weighted by molar-refractivity contribution is 6.05. The van der Waals surface area contributed by atoms with Gasteiger partial charge in [0.05, 0.1) is 18.0 Å². The summed E-state index contributed by atoms with van der Waals surface area (Å²) in [5.41, 5.74) is 2.11. The lowest BCUT2D eigenvalue weighted by Crippen LogP contribution is -1.79. The molecular weight excluding hydrogens is 196 g/mol. The molecule has 1 N–H and O–H groups in total. The third kappa shape index (κ3) is 1.26. The van der Waals surface area contributed by atoms with Crippen molar-refractivity contribution < 1.29 is 0 Å². The lowest BCUT2D eigenvalue weighted by atomic mass is 10.1. The number of aromatic nitrogens is 1. The third-order valence-electron chi connectivity index (χ3n) is 2.85. The Bertz CT molecular complexity index is 701. The zero-order valence-electron chi connectivity index (χ0n) is 8.70. The Morgan fingerprint density at radius 1 is 1.06 bits per heavy atom. The molecule has 76 valence electrons. The van der Waals surface area contributed by atoms with Crippen molar-refractivity contribution in [2.45, 2.75) is 6.42 Å². The fraction of sp³-hybridized carbons (Fsp3) is 0.0714. The minimum Gasteiger partial charge on any atom is -0.357 e. The first-order valence-corrected chi connectivity index (χ1v) is 5.25. The van der Waals surface area contributed by atoms with Gasteiger partial charge in [-0.3, -0.25) is 0 Å². The van der Waals surface area contributed by atoms with Crippen LogP contribution in [0.25, 0.3) is 21.7 Å². The molecule has 1 heterocycles. The topological polar surface area (TPSA) is 39.6 Å². The van der Waals surface area contributed by atoms with Crippen LogP contribution in [0, 0.1) is 11.3 Å². The summed E-state index contributed by atoms with van der Waals surface area (Å²) < 4.78 is 0. The standard InChI is InChI=1S/C14H10N2/c15-8-7-12-9-11-6-5-10-3-1-2-4-13(10)14(11)16-12/h1-6,9,16H,7H2. The van der Waals surface area contributed by atoms with Crippen molar-refractivity contribution in [1.29, 1.82) is 5.26 Å². The molecule has 0 unspecified atom stereocenters. The van der Waals surface area contributed by atoms with Crippen LogP contribution in [0.5, 0.6) is 0 Å². The molecule has 0 aliphatic rings. The summed E-state index contributed by atoms with van der Waals surface area (Å²) in [6.45, 7) is 0. The highest BCUT2D eigenvalue weighted by Gasteiger charge is 2.03. The van der Waals surface area contributed by atoms with Crippen LogP contribution >= 0.6 is 0 Å². The van der Waals surface area contributed by atoms with Gasteiger partial charge in [0.15, 0.2) is 0 Å². The van der Waals surface area contributed by atoms with Crippen LogP contribution in [0.4, 0.5) is 0 Å². The fourth-order valence-electron chi connectivity index (χ4n) is 2.11. The maximum atomic E-state index is 8.69. The number of hydrogen-bond acceptors (Lipinski definition) is 1. The van der Waals surface area contributed by atoms with Gasteiger partial charge in [-0.2, -0.15) is 5.26 Å². The Balaban J connectivity index is 2.38. The van der Waals surface area contributed by atoms with Gasteiger partial charge in [0.25, 0.3) is 0 Å². The molecule has 3 aromatic rings. The number of fused-ring (bicyclic) bond motifs is 3. The van der Waals surface area contributed by atoms with Crippen LogP contribution < -0.4 is 0 Å². The summed E-state index contributed by atoms with van der Waals surface area (Å²) >= 11 is 0. The van der Waals surface area contributed by atoms with Crippen molar-refractivity contribution in [1.82, 2.24) is 4.98 Å². The molecule has 0 bridgehead atoms. The second-order valence-electron chi connectivity index (χ2n) is 3.88. The van der Waals surface area contributed by atoms with Gasteiger partial charge in [0.2, 0.25) is 0 Å². The first-order chi connectivity index (χ1) is 7.88. The third-order valence-corrected chi connectivity index (χ3v) is 2.85. The molecule has 16 heavy (non-hydrogen) atoms. The van der Waals surface area contributed by atoms with Crippen LogP contribution in [0.2, 0.25) is 0 Å². The molecule has 0 saturated carbocycles. The lowest BCUT2D eigenvalue weighted by molar-refractivity contribution is 1.18. The van der Waals surface area contributed by atoms with Crippen molar-refractivity contribution in [2.75, 3.05) is 0 Å². The monoisotopic (exact) mass is 206 g/mol. The summed E-state index contributed by atoms with van der Waals surface area (Å²) in [5.74, 6) is 0. The Morgan fingerprint density at radius 3 is 2.75 bits per heavy atom. The number of H-pyrrole nitrogens is 1. The minimum absolute atomic E-state index is 0.434. The Labute approximate surface area is 93.1 Å². The van der Waals surface area contributed by atoms with E-state index in [-0.39, 0.29) is 0 Å². The molecule has 0 aliphatic carbocycles. The maximum absolute atomic E-state index is 8.69. The van der Waals surface area contributed by atoms with Crippen LogP contribution in [0.1, 0.15) is 5.69 Å². The van der Waals surface area contributed by atoms with E-state index in [1.165, 1.54) is 16.2 Å². The van der Waals surface area contributed by atoms with E-state index >= 15 is 0 Å². The number of rotatable bonds is 1. The number of hydrogen-bond donors (Lipinski definition) is 1. The second-order valence-corrected chi connectivity index (χ2v) is 3.88. The van der Waals surface area contributed by atoms with Crippen molar-refractivity contribution in [3.05, 3.63) is 48.2 Å². The van der Waals surface area contributed by atoms with Gasteiger partial charge < -0.3 is 4.98 Å². The van der Waals surface area contributed by atoms with E-state index in [0.29, 0.717) is 6.42 Å². The van der Waals surface area contributed by atoms with Gasteiger partial charge in [-0.05, 0) is 11.5 Å². The zero-order chi connectivity index (χ0) is 11.0. The summed E-state index contributed by atoms with van der Waals surface area (Å²) in [4.78, 5) is 3.32. The Hall–Kier alpha value is -2.27. The van der Waals surface area contributed by atoms with Gasteiger partial charge in [0, 0.05) is 16.5 Å². The fourth-order valence-corrected chi connectivity index (χ4v) is 2.11. The van der Waals surface area contributed by atoms with E-state index in [2.05, 4.69) is 35.3 Å². The molecule has 0 atom stereocenters. The molecule has 0 spiro atoms. The smallest absolute Gasteiger partial charge is 0.0752 e. The zero-order valence-corrected chi connectivity index (χ0v) is 8.70. The summed E-state index contributed by atoms with van der Waals surface area (Å²) in [6.07, 6.45) is 0.434. The normalized spacial score (nSPS) is 10.7. The lowest BCUT2D eigenvalue weighted by Gasteiger charge is -1.98.